The van der Waals surface area contributed by atoms with Crippen LogP contribution in [0.2, 0.25) is 0 Å². The van der Waals surface area contributed by atoms with E-state index in [9.17, 15) is 36.4 Å². The Hall–Kier alpha value is -4.96. The van der Waals surface area contributed by atoms with E-state index in [2.05, 4.69) is 20.3 Å². The van der Waals surface area contributed by atoms with Gasteiger partial charge in [-0.2, -0.15) is 4.39 Å². The van der Waals surface area contributed by atoms with Crippen molar-refractivity contribution in [1.82, 2.24) is 25.2 Å². The highest BCUT2D eigenvalue weighted by Crippen LogP contribution is 2.47. The van der Waals surface area contributed by atoms with Gasteiger partial charge in [-0.25, -0.2) is 17.8 Å². The van der Waals surface area contributed by atoms with Crippen molar-refractivity contribution in [2.75, 3.05) is 6.54 Å². The fourth-order valence-corrected chi connectivity index (χ4v) is 9.71. The number of nitrogens with zero attached hydrogens (tertiary/aromatic N) is 2. The van der Waals surface area contributed by atoms with E-state index in [1.807, 2.05) is 36.4 Å². The normalized spacial score (nSPS) is 26.9. The van der Waals surface area contributed by atoms with Gasteiger partial charge in [-0.15, -0.1) is 11.3 Å². The van der Waals surface area contributed by atoms with E-state index in [-0.39, 0.29) is 36.6 Å². The fourth-order valence-electron chi connectivity index (χ4n) is 7.76. The number of aromatic nitrogens is 1. The molecule has 4 aromatic rings. The van der Waals surface area contributed by atoms with E-state index >= 15 is 0 Å². The molecule has 56 heavy (non-hydrogen) atoms. The molecule has 0 spiro atoms. The number of carbonyl (C=O) groups is 4. The van der Waals surface area contributed by atoms with Crippen LogP contribution in [0.3, 0.4) is 0 Å². The maximum atomic E-state index is 14.6. The van der Waals surface area contributed by atoms with Crippen LogP contribution >= 0.6 is 11.3 Å². The van der Waals surface area contributed by atoms with E-state index in [0.29, 0.717) is 59.7 Å². The molecule has 4 heterocycles. The van der Waals surface area contributed by atoms with Crippen molar-refractivity contribution in [3.8, 4) is 5.88 Å². The van der Waals surface area contributed by atoms with Gasteiger partial charge in [0.05, 0.1) is 21.7 Å². The van der Waals surface area contributed by atoms with Crippen LogP contribution < -0.4 is 20.1 Å². The molecule has 0 unspecified atom stereocenters. The summed E-state index contributed by atoms with van der Waals surface area (Å²) in [7, 11) is -4.03. The van der Waals surface area contributed by atoms with Gasteiger partial charge in [-0.05, 0) is 81.2 Å². The number of halogens is 2. The van der Waals surface area contributed by atoms with Crippen molar-refractivity contribution in [2.24, 2.45) is 5.92 Å². The Balaban J connectivity index is 1.13. The molecule has 8 rings (SSSR count). The van der Waals surface area contributed by atoms with Crippen LogP contribution in [0.4, 0.5) is 8.78 Å². The highest BCUT2D eigenvalue weighted by atomic mass is 32.2. The lowest BCUT2D eigenvalue weighted by atomic mass is 10.0. The molecule has 4 aliphatic rings. The fraction of sp³-hybridized carbons (Fsp3) is 0.425. The highest BCUT2D eigenvalue weighted by molar-refractivity contribution is 7.91. The first-order valence-corrected chi connectivity index (χ1v) is 21.1. The lowest BCUT2D eigenvalue weighted by Crippen LogP contribution is -2.58. The van der Waals surface area contributed by atoms with Gasteiger partial charge in [0.25, 0.3) is 11.8 Å². The molecule has 2 aromatic carbocycles. The number of hydrogen-bond acceptors (Lipinski definition) is 9. The van der Waals surface area contributed by atoms with Gasteiger partial charge in [0.1, 0.15) is 29.5 Å². The Morgan fingerprint density at radius 3 is 2.55 bits per heavy atom. The number of rotatable bonds is 7. The first-order valence-electron chi connectivity index (χ1n) is 18.8. The number of sulfonamides is 1. The maximum Gasteiger partial charge on any atom is 0.262 e. The second kappa shape index (κ2) is 14.5. The summed E-state index contributed by atoms with van der Waals surface area (Å²) in [5.74, 6) is -3.52. The molecular weight excluding hydrogens is 765 g/mol. The minimum absolute atomic E-state index is 0.0415. The van der Waals surface area contributed by atoms with Crippen molar-refractivity contribution in [3.63, 3.8) is 0 Å². The first kappa shape index (κ1) is 37.9. The zero-order valence-electron chi connectivity index (χ0n) is 30.6. The summed E-state index contributed by atoms with van der Waals surface area (Å²) in [5, 5.41) is 7.17. The molecule has 4 amide bonds. The number of hydrogen-bond donors (Lipinski definition) is 3. The lowest BCUT2D eigenvalue weighted by molar-refractivity contribution is -0.141. The van der Waals surface area contributed by atoms with Crippen LogP contribution in [0.15, 0.2) is 66.7 Å². The zero-order chi connectivity index (χ0) is 39.4. The van der Waals surface area contributed by atoms with E-state index in [1.54, 1.807) is 13.0 Å². The van der Waals surface area contributed by atoms with Gasteiger partial charge in [0, 0.05) is 29.2 Å². The monoisotopic (exact) mass is 805 g/mol. The average Bonchev–Trinajstić information content (AvgIpc) is 3.97. The van der Waals surface area contributed by atoms with E-state index in [1.165, 1.54) is 29.2 Å². The third-order valence-corrected chi connectivity index (χ3v) is 14.5. The smallest absolute Gasteiger partial charge is 0.262 e. The lowest BCUT2D eigenvalue weighted by Gasteiger charge is -2.30. The van der Waals surface area contributed by atoms with Gasteiger partial charge in [-0.1, -0.05) is 43.2 Å². The second-order valence-corrected chi connectivity index (χ2v) is 18.7. The van der Waals surface area contributed by atoms with Gasteiger partial charge in [-0.3, -0.25) is 23.9 Å². The topological polar surface area (TPSA) is 164 Å². The molecule has 0 bridgehead atoms. The summed E-state index contributed by atoms with van der Waals surface area (Å²) in [6, 6.07) is 11.8. The third-order valence-electron chi connectivity index (χ3n) is 11.5. The van der Waals surface area contributed by atoms with Crippen LogP contribution in [0.5, 0.6) is 5.88 Å². The summed E-state index contributed by atoms with van der Waals surface area (Å²) in [5.41, 5.74) is -1.22. The minimum atomic E-state index is -4.03. The quantitative estimate of drug-likeness (QED) is 0.168. The van der Waals surface area contributed by atoms with Gasteiger partial charge in [0.15, 0.2) is 5.13 Å². The summed E-state index contributed by atoms with van der Waals surface area (Å²) >= 11 is 0.649. The number of benzene rings is 2. The standard InChI is InChI=1S/C40H41F2N5O7S2/c1-39(17-18-39)56(52,53)46-38(51)40-21-23(40)9-5-3-2-4-6-12-29(43-35(49)32-15-16-33(42)55-32)37(50)47-22-25(20-31(47)34(48)45-40)54-36-28-11-8-7-10-26(28)27-14-13-24(41)19-30(27)44-36/h5,7-11,13-16,19,23,25,29,31H,2-4,6,12,17-18,20-22H2,1H3,(H,43,49)(H,45,48)(H,46,51)/b9-5-/t23-,25-,29+,31+,40-/m1/s1. The van der Waals surface area contributed by atoms with Crippen molar-refractivity contribution < 1.29 is 41.1 Å². The zero-order valence-corrected chi connectivity index (χ0v) is 32.2. The third kappa shape index (κ3) is 7.24. The molecular formula is C40H41F2N5O7S2. The molecule has 2 aliphatic carbocycles. The second-order valence-electron chi connectivity index (χ2n) is 15.5. The van der Waals surface area contributed by atoms with Gasteiger partial charge >= 0.3 is 0 Å². The Morgan fingerprint density at radius 1 is 1.02 bits per heavy atom. The van der Waals surface area contributed by atoms with Crippen molar-refractivity contribution >= 4 is 66.7 Å². The molecule has 1 saturated heterocycles. The largest absolute Gasteiger partial charge is 0.472 e. The van der Waals surface area contributed by atoms with Gasteiger partial charge in [0.2, 0.25) is 27.7 Å². The van der Waals surface area contributed by atoms with Gasteiger partial charge < -0.3 is 20.3 Å². The molecule has 16 heteroatoms. The SMILES string of the molecule is CC1(S(=O)(=O)NC(=O)[C@@]23C[C@H]2/C=C\CCCCC[C@H](NC(=O)c2ccc(F)s2)C(=O)N2C[C@H](Oc4nc5cc(F)ccc5c5ccccc45)C[C@H]2C(=O)N3)CC1. The molecule has 2 saturated carbocycles. The summed E-state index contributed by atoms with van der Waals surface area (Å²) < 4.78 is 62.2. The average molecular weight is 806 g/mol. The van der Waals surface area contributed by atoms with Crippen LogP contribution in [0.1, 0.15) is 74.4 Å². The number of thiophene rings is 1. The number of amides is 4. The molecule has 12 nitrogen and oxygen atoms in total. The van der Waals surface area contributed by atoms with Crippen LogP contribution in [0.25, 0.3) is 21.7 Å². The summed E-state index contributed by atoms with van der Waals surface area (Å²) in [6.07, 6.45) is 6.77. The molecule has 3 N–H and O–H groups in total. The maximum absolute atomic E-state index is 14.6. The van der Waals surface area contributed by atoms with E-state index in [0.717, 1.165) is 11.8 Å². The molecule has 0 radical (unpaired) electrons. The van der Waals surface area contributed by atoms with E-state index in [4.69, 9.17) is 4.74 Å². The van der Waals surface area contributed by atoms with Crippen molar-refractivity contribution in [3.05, 3.63) is 82.6 Å². The number of carbonyl (C=O) groups excluding carboxylic acids is 4. The molecule has 294 valence electrons. The minimum Gasteiger partial charge on any atom is -0.472 e. The summed E-state index contributed by atoms with van der Waals surface area (Å²) in [4.78, 5) is 62.3. The molecule has 5 atom stereocenters. The predicted octanol–water partition coefficient (Wildman–Crippen LogP) is 5.27. The molecule has 3 fully saturated rings. The Bertz CT molecular complexity index is 2400. The number of fused-ring (bicyclic) bond motifs is 5. The Morgan fingerprint density at radius 2 is 1.80 bits per heavy atom. The number of allylic oxidation sites excluding steroid dienone is 1. The van der Waals surface area contributed by atoms with E-state index < -0.39 is 79.0 Å². The highest BCUT2D eigenvalue weighted by Gasteiger charge is 2.63. The number of nitrogens with one attached hydrogen (secondary N) is 3. The molecule has 2 aromatic heterocycles. The first-order chi connectivity index (χ1) is 26.8. The van der Waals surface area contributed by atoms with Crippen molar-refractivity contribution in [1.29, 1.82) is 0 Å². The van der Waals surface area contributed by atoms with Crippen molar-refractivity contribution in [2.45, 2.75) is 93.2 Å². The van der Waals surface area contributed by atoms with Crippen LogP contribution in [-0.2, 0) is 24.4 Å². The number of ether oxygens (including phenoxy) is 1. The Labute approximate surface area is 326 Å². The Kier molecular flexibility index (Phi) is 9.84. The summed E-state index contributed by atoms with van der Waals surface area (Å²) in [6.45, 7) is 1.46. The predicted molar refractivity (Wildman–Crippen MR) is 205 cm³/mol. The number of pyridine rings is 1. The van der Waals surface area contributed by atoms with Crippen LogP contribution in [-0.4, -0.2) is 76.9 Å². The molecule has 2 aliphatic heterocycles. The van der Waals surface area contributed by atoms with Crippen LogP contribution in [0, 0.1) is 16.9 Å².